The lowest BCUT2D eigenvalue weighted by atomic mass is 10.1. The molecule has 1 unspecified atom stereocenters. The third kappa shape index (κ3) is 3.92. The highest BCUT2D eigenvalue weighted by molar-refractivity contribution is 7.89. The highest BCUT2D eigenvalue weighted by Crippen LogP contribution is 2.28. The second-order valence-electron chi connectivity index (χ2n) is 6.54. The van der Waals surface area contributed by atoms with Crippen LogP contribution in [0.15, 0.2) is 33.7 Å². The first-order valence-electron chi connectivity index (χ1n) is 8.73. The van der Waals surface area contributed by atoms with Crippen LogP contribution in [0.5, 0.6) is 5.75 Å². The normalized spacial score (nSPS) is 16.7. The smallest absolute Gasteiger partial charge is 0.246 e. The number of sulfonamides is 1. The van der Waals surface area contributed by atoms with Crippen molar-refractivity contribution in [2.75, 3.05) is 26.7 Å². The van der Waals surface area contributed by atoms with E-state index in [1.54, 1.807) is 21.0 Å². The summed E-state index contributed by atoms with van der Waals surface area (Å²) in [5, 5.41) is 3.75. The van der Waals surface area contributed by atoms with Crippen LogP contribution < -0.4 is 9.46 Å². The average Bonchev–Trinajstić information content (AvgIpc) is 3.25. The Hall–Kier alpha value is -1.90. The Labute approximate surface area is 154 Å². The van der Waals surface area contributed by atoms with Gasteiger partial charge in [-0.1, -0.05) is 17.3 Å². The lowest BCUT2D eigenvalue weighted by molar-refractivity contribution is 0.246. The number of likely N-dealkylation sites (tertiary alicyclic amines) is 1. The van der Waals surface area contributed by atoms with E-state index < -0.39 is 10.0 Å². The van der Waals surface area contributed by atoms with Crippen LogP contribution in [0.4, 0.5) is 0 Å². The Morgan fingerprint density at radius 2 is 2.04 bits per heavy atom. The summed E-state index contributed by atoms with van der Waals surface area (Å²) >= 11 is 0. The van der Waals surface area contributed by atoms with E-state index in [-0.39, 0.29) is 17.5 Å². The number of nitrogens with one attached hydrogen (secondary N) is 1. The first kappa shape index (κ1) is 18.9. The monoisotopic (exact) mass is 379 g/mol. The van der Waals surface area contributed by atoms with E-state index in [4.69, 9.17) is 9.26 Å². The van der Waals surface area contributed by atoms with Crippen molar-refractivity contribution in [3.05, 3.63) is 41.3 Å². The fourth-order valence-electron chi connectivity index (χ4n) is 3.48. The molecule has 0 amide bonds. The van der Waals surface area contributed by atoms with Gasteiger partial charge in [0.15, 0.2) is 5.76 Å². The molecular weight excluding hydrogens is 354 g/mol. The Balaban J connectivity index is 1.84. The van der Waals surface area contributed by atoms with Crippen LogP contribution in [0.25, 0.3) is 0 Å². The Morgan fingerprint density at radius 3 is 2.65 bits per heavy atom. The maximum Gasteiger partial charge on any atom is 0.246 e. The molecule has 8 heteroatoms. The fourth-order valence-corrected chi connectivity index (χ4v) is 4.84. The molecule has 1 aliphatic rings. The molecule has 0 saturated carbocycles. The molecule has 26 heavy (non-hydrogen) atoms. The second-order valence-corrected chi connectivity index (χ2v) is 8.24. The van der Waals surface area contributed by atoms with Gasteiger partial charge in [-0.05, 0) is 57.5 Å². The van der Waals surface area contributed by atoms with E-state index >= 15 is 0 Å². The van der Waals surface area contributed by atoms with Gasteiger partial charge in [-0.25, -0.2) is 13.1 Å². The SMILES string of the molecule is COc1cccc(C(CNS(=O)(=O)c2c(C)noc2C)N2CCCC2)c1. The van der Waals surface area contributed by atoms with Crippen molar-refractivity contribution in [3.63, 3.8) is 0 Å². The van der Waals surface area contributed by atoms with Gasteiger partial charge in [0.1, 0.15) is 16.3 Å². The topological polar surface area (TPSA) is 84.7 Å². The summed E-state index contributed by atoms with van der Waals surface area (Å²) in [5.41, 5.74) is 1.40. The highest BCUT2D eigenvalue weighted by atomic mass is 32.2. The van der Waals surface area contributed by atoms with Crippen LogP contribution in [-0.4, -0.2) is 45.2 Å². The molecule has 7 nitrogen and oxygen atoms in total. The number of methoxy groups -OCH3 is 1. The zero-order chi connectivity index (χ0) is 18.7. The molecule has 1 fully saturated rings. The summed E-state index contributed by atoms with van der Waals surface area (Å²) in [6, 6.07) is 7.74. The van der Waals surface area contributed by atoms with Crippen LogP contribution in [0.3, 0.4) is 0 Å². The number of aryl methyl sites for hydroxylation is 2. The predicted molar refractivity (Wildman–Crippen MR) is 97.7 cm³/mol. The van der Waals surface area contributed by atoms with Gasteiger partial charge in [0.05, 0.1) is 7.11 Å². The van der Waals surface area contributed by atoms with Gasteiger partial charge >= 0.3 is 0 Å². The molecule has 1 aromatic carbocycles. The van der Waals surface area contributed by atoms with E-state index in [1.807, 2.05) is 24.3 Å². The van der Waals surface area contributed by atoms with Crippen molar-refractivity contribution in [2.45, 2.75) is 37.6 Å². The van der Waals surface area contributed by atoms with Crippen molar-refractivity contribution < 1.29 is 17.7 Å². The molecule has 0 aliphatic carbocycles. The lowest BCUT2D eigenvalue weighted by Crippen LogP contribution is -2.37. The standard InChI is InChI=1S/C18H25N3O4S/c1-13-18(14(2)25-20-13)26(22,23)19-12-17(21-9-4-5-10-21)15-7-6-8-16(11-15)24-3/h6-8,11,17,19H,4-5,9-10,12H2,1-3H3. The summed E-state index contributed by atoms with van der Waals surface area (Å²) in [4.78, 5) is 2.44. The maximum absolute atomic E-state index is 12.8. The molecular formula is C18H25N3O4S. The van der Waals surface area contributed by atoms with Gasteiger partial charge in [-0.3, -0.25) is 4.90 Å². The first-order chi connectivity index (χ1) is 12.4. The van der Waals surface area contributed by atoms with Gasteiger partial charge in [0, 0.05) is 12.6 Å². The molecule has 1 aromatic heterocycles. The zero-order valence-corrected chi connectivity index (χ0v) is 16.2. The van der Waals surface area contributed by atoms with Gasteiger partial charge in [-0.2, -0.15) is 0 Å². The third-order valence-electron chi connectivity index (χ3n) is 4.76. The van der Waals surface area contributed by atoms with E-state index in [9.17, 15) is 8.42 Å². The number of ether oxygens (including phenoxy) is 1. The minimum Gasteiger partial charge on any atom is -0.497 e. The Bertz CT molecular complexity index is 838. The second kappa shape index (κ2) is 7.77. The Kier molecular flexibility index (Phi) is 5.64. The van der Waals surface area contributed by atoms with Gasteiger partial charge in [-0.15, -0.1) is 0 Å². The Morgan fingerprint density at radius 1 is 1.31 bits per heavy atom. The molecule has 1 atom stereocenters. The van der Waals surface area contributed by atoms with E-state index in [0.717, 1.165) is 37.2 Å². The number of rotatable bonds is 7. The molecule has 2 aromatic rings. The lowest BCUT2D eigenvalue weighted by Gasteiger charge is -2.28. The molecule has 3 rings (SSSR count). The maximum atomic E-state index is 12.8. The van der Waals surface area contributed by atoms with Crippen LogP contribution >= 0.6 is 0 Å². The number of nitrogens with zero attached hydrogens (tertiary/aromatic N) is 2. The molecule has 0 bridgehead atoms. The van der Waals surface area contributed by atoms with Crippen molar-refractivity contribution in [1.82, 2.24) is 14.8 Å². The molecule has 1 saturated heterocycles. The highest BCUT2D eigenvalue weighted by Gasteiger charge is 2.28. The summed E-state index contributed by atoms with van der Waals surface area (Å²) in [6.07, 6.45) is 2.24. The molecule has 0 radical (unpaired) electrons. The van der Waals surface area contributed by atoms with Crippen molar-refractivity contribution >= 4 is 10.0 Å². The molecule has 1 aliphatic heterocycles. The zero-order valence-electron chi connectivity index (χ0n) is 15.4. The van der Waals surface area contributed by atoms with E-state index in [0.29, 0.717) is 11.5 Å². The summed E-state index contributed by atoms with van der Waals surface area (Å²) in [7, 11) is -2.06. The van der Waals surface area contributed by atoms with Crippen LogP contribution in [0.2, 0.25) is 0 Å². The minimum absolute atomic E-state index is 0.0529. The molecule has 142 valence electrons. The van der Waals surface area contributed by atoms with Crippen molar-refractivity contribution in [3.8, 4) is 5.75 Å². The predicted octanol–water partition coefficient (Wildman–Crippen LogP) is 2.42. The van der Waals surface area contributed by atoms with Gasteiger partial charge in [0.25, 0.3) is 0 Å². The number of hydrogen-bond acceptors (Lipinski definition) is 6. The molecule has 2 heterocycles. The first-order valence-corrected chi connectivity index (χ1v) is 10.2. The summed E-state index contributed by atoms with van der Waals surface area (Å²) in [6.45, 7) is 5.42. The van der Waals surface area contributed by atoms with Crippen LogP contribution in [0, 0.1) is 13.8 Å². The average molecular weight is 379 g/mol. The van der Waals surface area contributed by atoms with Crippen LogP contribution in [-0.2, 0) is 10.0 Å². The quantitative estimate of drug-likeness (QED) is 0.795. The summed E-state index contributed by atoms with van der Waals surface area (Å²) in [5.74, 6) is 1.06. The van der Waals surface area contributed by atoms with Crippen LogP contribution in [0.1, 0.15) is 35.9 Å². The van der Waals surface area contributed by atoms with E-state index in [2.05, 4.69) is 14.8 Å². The van der Waals surface area contributed by atoms with Crippen molar-refractivity contribution in [1.29, 1.82) is 0 Å². The fraction of sp³-hybridized carbons (Fsp3) is 0.500. The van der Waals surface area contributed by atoms with Crippen molar-refractivity contribution in [2.24, 2.45) is 0 Å². The number of benzene rings is 1. The number of aromatic nitrogens is 1. The molecule has 0 spiro atoms. The largest absolute Gasteiger partial charge is 0.497 e. The minimum atomic E-state index is -3.69. The van der Waals surface area contributed by atoms with Gasteiger partial charge in [0.2, 0.25) is 10.0 Å². The van der Waals surface area contributed by atoms with Gasteiger partial charge < -0.3 is 9.26 Å². The third-order valence-corrected chi connectivity index (χ3v) is 6.43. The molecule has 1 N–H and O–H groups in total. The summed E-state index contributed by atoms with van der Waals surface area (Å²) < 4.78 is 38.6. The number of hydrogen-bond donors (Lipinski definition) is 1. The van der Waals surface area contributed by atoms with E-state index in [1.165, 1.54) is 0 Å².